The van der Waals surface area contributed by atoms with E-state index in [9.17, 15) is 14.0 Å². The van der Waals surface area contributed by atoms with Gasteiger partial charge in [-0.3, -0.25) is 9.59 Å². The van der Waals surface area contributed by atoms with E-state index in [1.165, 1.54) is 18.2 Å². The molecule has 2 aromatic rings. The molecule has 2 amide bonds. The molecule has 0 aliphatic carbocycles. The molecule has 0 aromatic heterocycles. The summed E-state index contributed by atoms with van der Waals surface area (Å²) < 4.78 is 19.1. The van der Waals surface area contributed by atoms with Crippen LogP contribution in [0.25, 0.3) is 0 Å². The predicted octanol–water partition coefficient (Wildman–Crippen LogP) is 2.64. The third-order valence-corrected chi connectivity index (χ3v) is 4.51. The molecule has 8 heteroatoms. The largest absolute Gasteiger partial charge is 0.497 e. The van der Waals surface area contributed by atoms with Crippen LogP contribution >= 0.6 is 0 Å². The second kappa shape index (κ2) is 5.91. The van der Waals surface area contributed by atoms with E-state index < -0.39 is 29.7 Å². The number of ether oxygens (including phenoxy) is 1. The molecule has 0 saturated carbocycles. The molecule has 0 N–H and O–H groups in total. The fraction of sp³-hybridized carbons (Fsp3) is 0.222. The van der Waals surface area contributed by atoms with Crippen molar-refractivity contribution in [2.24, 2.45) is 10.3 Å². The van der Waals surface area contributed by atoms with E-state index in [1.807, 2.05) is 0 Å². The number of rotatable bonds is 3. The van der Waals surface area contributed by atoms with Gasteiger partial charge >= 0.3 is 0 Å². The molecular weight excluding hydrogens is 339 g/mol. The van der Waals surface area contributed by atoms with E-state index in [1.54, 1.807) is 43.3 Å². The maximum Gasteiger partial charge on any atom is 0.263 e. The number of carbonyl (C=O) groups excluding carboxylic acids is 2. The first kappa shape index (κ1) is 16.2. The molecule has 0 unspecified atom stereocenters. The molecule has 2 aromatic carbocycles. The molecule has 1 fully saturated rings. The predicted molar refractivity (Wildman–Crippen MR) is 91.5 cm³/mol. The minimum atomic E-state index is -0.946. The van der Waals surface area contributed by atoms with Crippen molar-refractivity contribution in [3.63, 3.8) is 0 Å². The summed E-state index contributed by atoms with van der Waals surface area (Å²) in [6.45, 7) is 1.64. The lowest BCUT2D eigenvalue weighted by molar-refractivity contribution is -0.121. The number of methoxy groups -OCH3 is 1. The number of fused-ring (bicyclic) bond motifs is 1. The Morgan fingerprint density at radius 3 is 2.62 bits per heavy atom. The normalized spacial score (nSPS) is 21.5. The summed E-state index contributed by atoms with van der Waals surface area (Å²) in [6.07, 6.45) is 0. The molecule has 2 atom stereocenters. The summed E-state index contributed by atoms with van der Waals surface area (Å²) in [6, 6.07) is 9.31. The second-order valence-electron chi connectivity index (χ2n) is 6.09. The summed E-state index contributed by atoms with van der Waals surface area (Å²) in [7, 11) is 1.50. The van der Waals surface area contributed by atoms with Crippen LogP contribution in [0, 0.1) is 12.7 Å². The Morgan fingerprint density at radius 2 is 1.88 bits per heavy atom. The van der Waals surface area contributed by atoms with Gasteiger partial charge in [-0.15, -0.1) is 0 Å². The van der Waals surface area contributed by atoms with E-state index in [-0.39, 0.29) is 0 Å². The van der Waals surface area contributed by atoms with Crippen molar-refractivity contribution in [1.82, 2.24) is 0 Å². The number of nitrogens with zero attached hydrogens (tertiary/aromatic N) is 4. The third kappa shape index (κ3) is 2.33. The fourth-order valence-corrected chi connectivity index (χ4v) is 3.10. The smallest absolute Gasteiger partial charge is 0.263 e. The van der Waals surface area contributed by atoms with Crippen molar-refractivity contribution < 1.29 is 18.7 Å². The van der Waals surface area contributed by atoms with Gasteiger partial charge in [-0.25, -0.2) is 14.3 Å². The maximum absolute atomic E-state index is 13.9. The van der Waals surface area contributed by atoms with Crippen LogP contribution in [0.5, 0.6) is 5.75 Å². The first-order valence-electron chi connectivity index (χ1n) is 7.99. The van der Waals surface area contributed by atoms with Gasteiger partial charge in [0.15, 0.2) is 12.1 Å². The average molecular weight is 354 g/mol. The van der Waals surface area contributed by atoms with Crippen LogP contribution < -0.4 is 14.6 Å². The highest BCUT2D eigenvalue weighted by atomic mass is 19.1. The number of amides is 2. The number of halogens is 1. The van der Waals surface area contributed by atoms with Gasteiger partial charge in [0.1, 0.15) is 11.6 Å². The van der Waals surface area contributed by atoms with Crippen LogP contribution in [0.3, 0.4) is 0 Å². The molecule has 7 nitrogen and oxygen atoms in total. The Labute approximate surface area is 148 Å². The van der Waals surface area contributed by atoms with Crippen LogP contribution in [0.4, 0.5) is 15.8 Å². The van der Waals surface area contributed by atoms with Gasteiger partial charge in [0, 0.05) is 6.07 Å². The Hall–Kier alpha value is -3.29. The fourth-order valence-electron chi connectivity index (χ4n) is 3.10. The molecule has 132 valence electrons. The molecule has 1 saturated heterocycles. The van der Waals surface area contributed by atoms with Crippen molar-refractivity contribution in [2.75, 3.05) is 17.0 Å². The van der Waals surface area contributed by atoms with Crippen LogP contribution in [-0.2, 0) is 9.59 Å². The Balaban J connectivity index is 1.70. The Morgan fingerprint density at radius 1 is 1.08 bits per heavy atom. The number of hydrogen-bond acceptors (Lipinski definition) is 6. The van der Waals surface area contributed by atoms with E-state index in [4.69, 9.17) is 4.74 Å². The molecule has 26 heavy (non-hydrogen) atoms. The zero-order chi connectivity index (χ0) is 18.4. The molecule has 2 aliphatic heterocycles. The van der Waals surface area contributed by atoms with Gasteiger partial charge in [0.25, 0.3) is 11.8 Å². The van der Waals surface area contributed by atoms with Crippen LogP contribution in [0.2, 0.25) is 0 Å². The minimum Gasteiger partial charge on any atom is -0.497 e. The summed E-state index contributed by atoms with van der Waals surface area (Å²) in [5, 5.41) is 9.16. The minimum absolute atomic E-state index is 0.373. The molecule has 0 radical (unpaired) electrons. The average Bonchev–Trinajstić information content (AvgIpc) is 3.18. The Bertz CT molecular complexity index is 946. The lowest BCUT2D eigenvalue weighted by Crippen LogP contribution is -2.40. The topological polar surface area (TPSA) is 74.6 Å². The van der Waals surface area contributed by atoms with Crippen LogP contribution in [0.15, 0.2) is 52.8 Å². The number of benzene rings is 2. The van der Waals surface area contributed by atoms with E-state index >= 15 is 0 Å². The van der Waals surface area contributed by atoms with E-state index in [0.29, 0.717) is 22.7 Å². The first-order valence-corrected chi connectivity index (χ1v) is 7.99. The third-order valence-electron chi connectivity index (χ3n) is 4.51. The second-order valence-corrected chi connectivity index (χ2v) is 6.09. The van der Waals surface area contributed by atoms with Crippen molar-refractivity contribution in [3.05, 3.63) is 53.8 Å². The maximum atomic E-state index is 13.9. The van der Waals surface area contributed by atoms with Gasteiger partial charge in [-0.1, -0.05) is 17.4 Å². The monoisotopic (exact) mass is 354 g/mol. The molecular formula is C18H15FN4O3. The number of anilines is 2. The van der Waals surface area contributed by atoms with Crippen molar-refractivity contribution in [1.29, 1.82) is 0 Å². The lowest BCUT2D eigenvalue weighted by atomic mass is 10.1. The molecule has 0 bridgehead atoms. The van der Waals surface area contributed by atoms with E-state index in [2.05, 4.69) is 10.3 Å². The van der Waals surface area contributed by atoms with Gasteiger partial charge in [0.05, 0.1) is 18.5 Å². The summed E-state index contributed by atoms with van der Waals surface area (Å²) in [4.78, 5) is 26.7. The van der Waals surface area contributed by atoms with Gasteiger partial charge in [0.2, 0.25) is 0 Å². The molecule has 2 aliphatic rings. The zero-order valence-corrected chi connectivity index (χ0v) is 14.1. The highest BCUT2D eigenvalue weighted by Crippen LogP contribution is 2.36. The molecule has 0 spiro atoms. The number of imide groups is 1. The van der Waals surface area contributed by atoms with Crippen molar-refractivity contribution >= 4 is 23.2 Å². The highest BCUT2D eigenvalue weighted by molar-refractivity contribution is 6.26. The van der Waals surface area contributed by atoms with Crippen LogP contribution in [0.1, 0.15) is 5.56 Å². The molecule has 4 rings (SSSR count). The number of carbonyl (C=O) groups is 2. The quantitative estimate of drug-likeness (QED) is 0.794. The van der Waals surface area contributed by atoms with Crippen molar-refractivity contribution in [3.8, 4) is 5.75 Å². The Kier molecular flexibility index (Phi) is 3.68. The van der Waals surface area contributed by atoms with E-state index in [0.717, 1.165) is 4.90 Å². The van der Waals surface area contributed by atoms with Gasteiger partial charge < -0.3 is 4.74 Å². The van der Waals surface area contributed by atoms with Gasteiger partial charge in [-0.2, -0.15) is 5.11 Å². The molecule has 2 heterocycles. The van der Waals surface area contributed by atoms with Crippen LogP contribution in [-0.4, -0.2) is 31.0 Å². The van der Waals surface area contributed by atoms with Gasteiger partial charge in [-0.05, 0) is 36.8 Å². The highest BCUT2D eigenvalue weighted by Gasteiger charge is 2.55. The number of hydrogen-bond donors (Lipinski definition) is 0. The summed E-state index contributed by atoms with van der Waals surface area (Å²) in [5.74, 6) is -0.812. The standard InChI is InChI=1S/C18H15FN4O3/c1-10-6-7-12(9-14(10)19)23-16-15(20-21-23)17(24)22(18(16)25)11-4-3-5-13(8-11)26-2/h3-9,15-16H,1-2H3/t15-,16-/m0/s1. The lowest BCUT2D eigenvalue weighted by Gasteiger charge is -2.21. The first-order chi connectivity index (χ1) is 12.5. The zero-order valence-electron chi connectivity index (χ0n) is 14.1. The summed E-state index contributed by atoms with van der Waals surface area (Å²) >= 11 is 0. The SMILES string of the molecule is COc1cccc(N2C(=O)[C@H]3N=NN(c4ccc(C)c(F)c4)[C@@H]3C2=O)c1. The number of aryl methyl sites for hydroxylation is 1. The summed E-state index contributed by atoms with van der Waals surface area (Å²) in [5.41, 5.74) is 1.25. The van der Waals surface area contributed by atoms with Crippen molar-refractivity contribution in [2.45, 2.75) is 19.0 Å².